The van der Waals surface area contributed by atoms with Crippen LogP contribution in [-0.2, 0) is 19.1 Å². The van der Waals surface area contributed by atoms with Crippen molar-refractivity contribution >= 4 is 11.9 Å². The lowest BCUT2D eigenvalue weighted by atomic mass is 9.78. The normalized spacial score (nSPS) is 25.8. The lowest BCUT2D eigenvalue weighted by Gasteiger charge is -2.28. The second-order valence-electron chi connectivity index (χ2n) is 4.50. The molecule has 0 aromatic rings. The van der Waals surface area contributed by atoms with E-state index in [4.69, 9.17) is 14.6 Å². The van der Waals surface area contributed by atoms with Gasteiger partial charge in [-0.2, -0.15) is 0 Å². The standard InChI is InChI=1S/C12H21NO5/c1-4-9-12(10(15)17-2,11(16)18-3)7-8(13-9)5-6-14/h8-9,13-14H,4-7H2,1-3H3/t8-,9+/m0/s1. The van der Waals surface area contributed by atoms with E-state index < -0.39 is 17.4 Å². The van der Waals surface area contributed by atoms with Crippen LogP contribution in [0.2, 0.25) is 0 Å². The van der Waals surface area contributed by atoms with E-state index in [1.54, 1.807) is 0 Å². The summed E-state index contributed by atoms with van der Waals surface area (Å²) in [5, 5.41) is 12.2. The molecule has 1 heterocycles. The molecule has 0 aliphatic carbocycles. The summed E-state index contributed by atoms with van der Waals surface area (Å²) < 4.78 is 9.55. The number of esters is 2. The largest absolute Gasteiger partial charge is 0.468 e. The number of rotatable bonds is 5. The third kappa shape index (κ3) is 2.35. The highest BCUT2D eigenvalue weighted by atomic mass is 16.5. The van der Waals surface area contributed by atoms with Crippen LogP contribution in [0.1, 0.15) is 26.2 Å². The molecule has 0 saturated carbocycles. The van der Waals surface area contributed by atoms with Crippen molar-refractivity contribution in [3.05, 3.63) is 0 Å². The summed E-state index contributed by atoms with van der Waals surface area (Å²) in [6, 6.07) is -0.410. The van der Waals surface area contributed by atoms with Crippen molar-refractivity contribution in [3.8, 4) is 0 Å². The molecule has 2 atom stereocenters. The first kappa shape index (κ1) is 14.9. The molecule has 1 saturated heterocycles. The summed E-state index contributed by atoms with van der Waals surface area (Å²) in [4.78, 5) is 24.1. The van der Waals surface area contributed by atoms with Gasteiger partial charge < -0.3 is 19.9 Å². The quantitative estimate of drug-likeness (QED) is 0.527. The molecule has 6 nitrogen and oxygen atoms in total. The number of aliphatic hydroxyl groups excluding tert-OH is 1. The van der Waals surface area contributed by atoms with Crippen molar-refractivity contribution in [3.63, 3.8) is 0 Å². The highest BCUT2D eigenvalue weighted by Gasteiger charge is 2.59. The van der Waals surface area contributed by atoms with Crippen molar-refractivity contribution in [2.24, 2.45) is 5.41 Å². The smallest absolute Gasteiger partial charge is 0.324 e. The maximum Gasteiger partial charge on any atom is 0.324 e. The fourth-order valence-electron chi connectivity index (χ4n) is 2.72. The average Bonchev–Trinajstić information content (AvgIpc) is 2.77. The van der Waals surface area contributed by atoms with Crippen molar-refractivity contribution in [2.75, 3.05) is 20.8 Å². The molecule has 104 valence electrons. The number of hydrogen-bond acceptors (Lipinski definition) is 6. The second-order valence-corrected chi connectivity index (χ2v) is 4.50. The third-order valence-corrected chi connectivity index (χ3v) is 3.59. The molecule has 2 N–H and O–H groups in total. The van der Waals surface area contributed by atoms with Crippen LogP contribution >= 0.6 is 0 Å². The lowest BCUT2D eigenvalue weighted by Crippen LogP contribution is -2.49. The Balaban J connectivity index is 3.07. The molecule has 0 bridgehead atoms. The van der Waals surface area contributed by atoms with Gasteiger partial charge in [-0.25, -0.2) is 0 Å². The molecule has 0 amide bonds. The van der Waals surface area contributed by atoms with Gasteiger partial charge in [-0.3, -0.25) is 9.59 Å². The Morgan fingerprint density at radius 3 is 2.28 bits per heavy atom. The zero-order chi connectivity index (χ0) is 13.8. The summed E-state index contributed by atoms with van der Waals surface area (Å²) in [7, 11) is 2.53. The summed E-state index contributed by atoms with van der Waals surface area (Å²) in [5.41, 5.74) is -1.29. The van der Waals surface area contributed by atoms with Crippen LogP contribution in [0.25, 0.3) is 0 Å². The molecule has 0 unspecified atom stereocenters. The molecule has 18 heavy (non-hydrogen) atoms. The highest BCUT2D eigenvalue weighted by Crippen LogP contribution is 2.39. The molecule has 0 spiro atoms. The Bertz CT molecular complexity index is 302. The first-order valence-electron chi connectivity index (χ1n) is 6.10. The zero-order valence-electron chi connectivity index (χ0n) is 11.1. The maximum absolute atomic E-state index is 12.0. The van der Waals surface area contributed by atoms with E-state index >= 15 is 0 Å². The Kier molecular flexibility index (Phi) is 5.10. The number of nitrogens with one attached hydrogen (secondary N) is 1. The van der Waals surface area contributed by atoms with Gasteiger partial charge in [0.15, 0.2) is 5.41 Å². The predicted molar refractivity (Wildman–Crippen MR) is 63.8 cm³/mol. The van der Waals surface area contributed by atoms with Gasteiger partial charge in [-0.15, -0.1) is 0 Å². The first-order valence-corrected chi connectivity index (χ1v) is 6.10. The van der Waals surface area contributed by atoms with Crippen molar-refractivity contribution in [1.29, 1.82) is 0 Å². The molecule has 1 aliphatic heterocycles. The number of aliphatic hydroxyl groups is 1. The molecular weight excluding hydrogens is 238 g/mol. The van der Waals surface area contributed by atoms with Crippen LogP contribution in [0, 0.1) is 5.41 Å². The Morgan fingerprint density at radius 1 is 1.33 bits per heavy atom. The van der Waals surface area contributed by atoms with E-state index in [0.29, 0.717) is 19.3 Å². The van der Waals surface area contributed by atoms with E-state index in [1.807, 2.05) is 6.92 Å². The van der Waals surface area contributed by atoms with Gasteiger partial charge in [0.05, 0.1) is 14.2 Å². The Labute approximate surface area is 107 Å². The fraction of sp³-hybridized carbons (Fsp3) is 0.833. The Hall–Kier alpha value is -1.14. The fourth-order valence-corrected chi connectivity index (χ4v) is 2.72. The van der Waals surface area contributed by atoms with E-state index in [2.05, 4.69) is 5.32 Å². The van der Waals surface area contributed by atoms with E-state index in [0.717, 1.165) is 0 Å². The van der Waals surface area contributed by atoms with E-state index in [1.165, 1.54) is 14.2 Å². The number of methoxy groups -OCH3 is 2. The predicted octanol–water partition coefficient (Wildman–Crippen LogP) is -0.158. The topological polar surface area (TPSA) is 84.9 Å². The van der Waals surface area contributed by atoms with Gasteiger partial charge in [0.2, 0.25) is 0 Å². The molecule has 6 heteroatoms. The monoisotopic (exact) mass is 259 g/mol. The summed E-state index contributed by atoms with van der Waals surface area (Å²) in [6.07, 6.45) is 1.39. The second kappa shape index (κ2) is 6.15. The van der Waals surface area contributed by atoms with E-state index in [9.17, 15) is 9.59 Å². The third-order valence-electron chi connectivity index (χ3n) is 3.59. The molecule has 1 fully saturated rings. The van der Waals surface area contributed by atoms with Crippen molar-refractivity contribution < 1.29 is 24.2 Å². The molecule has 0 aromatic heterocycles. The van der Waals surface area contributed by atoms with Gasteiger partial charge in [0.25, 0.3) is 0 Å². The number of carbonyl (C=O) groups is 2. The Morgan fingerprint density at radius 2 is 1.89 bits per heavy atom. The van der Waals surface area contributed by atoms with E-state index in [-0.39, 0.29) is 18.7 Å². The van der Waals surface area contributed by atoms with Crippen molar-refractivity contribution in [1.82, 2.24) is 5.32 Å². The minimum atomic E-state index is -1.29. The minimum absolute atomic E-state index is 0.00647. The lowest BCUT2D eigenvalue weighted by molar-refractivity contribution is -0.170. The van der Waals surface area contributed by atoms with Crippen LogP contribution in [0.3, 0.4) is 0 Å². The summed E-state index contributed by atoms with van der Waals surface area (Å²) in [5.74, 6) is -1.15. The van der Waals surface area contributed by atoms with Gasteiger partial charge in [0.1, 0.15) is 0 Å². The highest BCUT2D eigenvalue weighted by molar-refractivity contribution is 6.01. The zero-order valence-corrected chi connectivity index (χ0v) is 11.1. The number of ether oxygens (including phenoxy) is 2. The SMILES string of the molecule is CC[C@H]1N[C@@H](CCO)CC1(C(=O)OC)C(=O)OC. The first-order chi connectivity index (χ1) is 8.56. The molecule has 1 rings (SSSR count). The summed E-state index contributed by atoms with van der Waals surface area (Å²) in [6.45, 7) is 1.89. The molecular formula is C12H21NO5. The number of carbonyl (C=O) groups excluding carboxylic acids is 2. The van der Waals surface area contributed by atoms with Gasteiger partial charge in [0, 0.05) is 18.7 Å². The maximum atomic E-state index is 12.0. The van der Waals surface area contributed by atoms with Gasteiger partial charge >= 0.3 is 11.9 Å². The molecule has 0 radical (unpaired) electrons. The van der Waals surface area contributed by atoms with Crippen LogP contribution in [-0.4, -0.2) is 50.0 Å². The van der Waals surface area contributed by atoms with Gasteiger partial charge in [-0.05, 0) is 19.3 Å². The van der Waals surface area contributed by atoms with Crippen LogP contribution in [0.4, 0.5) is 0 Å². The molecule has 0 aromatic carbocycles. The minimum Gasteiger partial charge on any atom is -0.468 e. The van der Waals surface area contributed by atoms with Crippen molar-refractivity contribution in [2.45, 2.75) is 38.3 Å². The van der Waals surface area contributed by atoms with Crippen LogP contribution in [0.15, 0.2) is 0 Å². The van der Waals surface area contributed by atoms with Crippen LogP contribution in [0.5, 0.6) is 0 Å². The molecule has 1 aliphatic rings. The summed E-state index contributed by atoms with van der Waals surface area (Å²) >= 11 is 0. The number of hydrogen-bond donors (Lipinski definition) is 2. The average molecular weight is 259 g/mol. The van der Waals surface area contributed by atoms with Gasteiger partial charge in [-0.1, -0.05) is 6.92 Å². The van der Waals surface area contributed by atoms with Crippen LogP contribution < -0.4 is 5.32 Å².